The Hall–Kier alpha value is -1.99. The molecular formula is C18H21BrN4O2. The molecule has 0 radical (unpaired) electrons. The molecule has 0 saturated heterocycles. The standard InChI is InChI=1S/C18H21BrN4O2/c1-11(24)23(20)18(25)13-7-5-12(6-8-13)17-21-10-16(22-17)14-3-2-4-15(19)9-14/h2-4,9-10,12-13H,5-8,20H2,1H3,(H,21,22). The molecule has 1 aliphatic carbocycles. The van der Waals surface area contributed by atoms with Crippen LogP contribution in [0.3, 0.4) is 0 Å². The van der Waals surface area contributed by atoms with Crippen molar-refractivity contribution in [2.45, 2.75) is 38.5 Å². The van der Waals surface area contributed by atoms with Gasteiger partial charge in [-0.2, -0.15) is 0 Å². The Morgan fingerprint density at radius 2 is 2.00 bits per heavy atom. The van der Waals surface area contributed by atoms with E-state index in [4.69, 9.17) is 5.84 Å². The maximum atomic E-state index is 12.2. The van der Waals surface area contributed by atoms with E-state index in [1.54, 1.807) is 0 Å². The number of hydrogen-bond donors (Lipinski definition) is 2. The van der Waals surface area contributed by atoms with E-state index in [0.717, 1.165) is 52.2 Å². The van der Waals surface area contributed by atoms with Crippen molar-refractivity contribution in [3.05, 3.63) is 40.8 Å². The molecule has 132 valence electrons. The van der Waals surface area contributed by atoms with Crippen molar-refractivity contribution < 1.29 is 9.59 Å². The van der Waals surface area contributed by atoms with Crippen LogP contribution in [0.25, 0.3) is 11.3 Å². The number of imidazole rings is 1. The summed E-state index contributed by atoms with van der Waals surface area (Å²) < 4.78 is 1.02. The van der Waals surface area contributed by atoms with E-state index >= 15 is 0 Å². The monoisotopic (exact) mass is 404 g/mol. The fraction of sp³-hybridized carbons (Fsp3) is 0.389. The van der Waals surface area contributed by atoms with Gasteiger partial charge in [0.2, 0.25) is 11.8 Å². The van der Waals surface area contributed by atoms with Gasteiger partial charge in [0.25, 0.3) is 0 Å². The van der Waals surface area contributed by atoms with Crippen LogP contribution in [0.5, 0.6) is 0 Å². The number of carbonyl (C=O) groups is 2. The van der Waals surface area contributed by atoms with Crippen molar-refractivity contribution in [1.29, 1.82) is 0 Å². The van der Waals surface area contributed by atoms with E-state index in [1.807, 2.05) is 30.5 Å². The second kappa shape index (κ2) is 7.49. The van der Waals surface area contributed by atoms with Crippen molar-refractivity contribution in [1.82, 2.24) is 15.0 Å². The molecule has 1 aromatic carbocycles. The molecule has 2 aromatic rings. The van der Waals surface area contributed by atoms with Gasteiger partial charge >= 0.3 is 0 Å². The number of aromatic amines is 1. The number of amides is 2. The summed E-state index contributed by atoms with van der Waals surface area (Å²) in [5, 5.41) is 0.739. The molecule has 1 heterocycles. The molecule has 7 heteroatoms. The minimum Gasteiger partial charge on any atom is -0.342 e. The zero-order valence-electron chi connectivity index (χ0n) is 14.0. The summed E-state index contributed by atoms with van der Waals surface area (Å²) in [7, 11) is 0. The zero-order valence-corrected chi connectivity index (χ0v) is 15.6. The van der Waals surface area contributed by atoms with Crippen LogP contribution in [0.2, 0.25) is 0 Å². The van der Waals surface area contributed by atoms with Gasteiger partial charge in [0.15, 0.2) is 0 Å². The van der Waals surface area contributed by atoms with Gasteiger partial charge in [-0.25, -0.2) is 15.8 Å². The molecule has 25 heavy (non-hydrogen) atoms. The number of nitrogens with two attached hydrogens (primary N) is 1. The van der Waals surface area contributed by atoms with E-state index in [2.05, 4.69) is 25.9 Å². The number of carbonyl (C=O) groups excluding carboxylic acids is 2. The van der Waals surface area contributed by atoms with Crippen molar-refractivity contribution in [2.24, 2.45) is 11.8 Å². The molecule has 0 spiro atoms. The lowest BCUT2D eigenvalue weighted by molar-refractivity contribution is -0.147. The molecule has 3 rings (SSSR count). The van der Waals surface area contributed by atoms with Gasteiger partial charge in [-0.05, 0) is 37.8 Å². The summed E-state index contributed by atoms with van der Waals surface area (Å²) in [6.45, 7) is 1.30. The number of hydrogen-bond acceptors (Lipinski definition) is 4. The minimum absolute atomic E-state index is 0.176. The lowest BCUT2D eigenvalue weighted by Gasteiger charge is -2.28. The number of imide groups is 1. The van der Waals surface area contributed by atoms with Crippen LogP contribution in [0, 0.1) is 5.92 Å². The average Bonchev–Trinajstić information content (AvgIpc) is 3.10. The third-order valence-electron chi connectivity index (χ3n) is 4.77. The molecule has 0 bridgehead atoms. The molecule has 1 aromatic heterocycles. The highest BCUT2D eigenvalue weighted by Gasteiger charge is 2.31. The summed E-state index contributed by atoms with van der Waals surface area (Å²) in [4.78, 5) is 31.3. The Morgan fingerprint density at radius 1 is 1.28 bits per heavy atom. The first kappa shape index (κ1) is 17.8. The molecular weight excluding hydrogens is 384 g/mol. The van der Waals surface area contributed by atoms with E-state index in [1.165, 1.54) is 6.92 Å². The smallest absolute Gasteiger partial charge is 0.246 e. The molecule has 3 N–H and O–H groups in total. The van der Waals surface area contributed by atoms with Gasteiger partial charge in [-0.15, -0.1) is 0 Å². The van der Waals surface area contributed by atoms with Crippen LogP contribution < -0.4 is 5.84 Å². The molecule has 2 amide bonds. The molecule has 0 unspecified atom stereocenters. The van der Waals surface area contributed by atoms with Crippen molar-refractivity contribution >= 4 is 27.7 Å². The first-order chi connectivity index (χ1) is 12.0. The summed E-state index contributed by atoms with van der Waals surface area (Å²) in [6, 6.07) is 8.06. The summed E-state index contributed by atoms with van der Waals surface area (Å²) in [5.41, 5.74) is 2.07. The second-order valence-corrected chi connectivity index (χ2v) is 7.38. The third kappa shape index (κ3) is 3.99. The quantitative estimate of drug-likeness (QED) is 0.465. The van der Waals surface area contributed by atoms with Crippen LogP contribution in [0.15, 0.2) is 34.9 Å². The summed E-state index contributed by atoms with van der Waals surface area (Å²) in [6.07, 6.45) is 5.00. The van der Waals surface area contributed by atoms with Crippen molar-refractivity contribution in [2.75, 3.05) is 0 Å². The number of nitrogens with zero attached hydrogens (tertiary/aromatic N) is 2. The Kier molecular flexibility index (Phi) is 5.34. The van der Waals surface area contributed by atoms with E-state index < -0.39 is 5.91 Å². The van der Waals surface area contributed by atoms with Crippen LogP contribution in [-0.4, -0.2) is 26.8 Å². The summed E-state index contributed by atoms with van der Waals surface area (Å²) in [5.74, 6) is 5.91. The van der Waals surface area contributed by atoms with Crippen molar-refractivity contribution in [3.8, 4) is 11.3 Å². The molecule has 1 fully saturated rings. The van der Waals surface area contributed by atoms with Crippen LogP contribution in [0.1, 0.15) is 44.3 Å². The minimum atomic E-state index is -0.420. The summed E-state index contributed by atoms with van der Waals surface area (Å²) >= 11 is 3.48. The highest BCUT2D eigenvalue weighted by Crippen LogP contribution is 2.36. The molecule has 0 atom stereocenters. The molecule has 1 saturated carbocycles. The van der Waals surface area contributed by atoms with Gasteiger partial charge in [0, 0.05) is 28.8 Å². The maximum Gasteiger partial charge on any atom is 0.246 e. The largest absolute Gasteiger partial charge is 0.342 e. The number of halogens is 1. The molecule has 1 aliphatic rings. The van der Waals surface area contributed by atoms with Gasteiger partial charge < -0.3 is 4.98 Å². The number of benzene rings is 1. The highest BCUT2D eigenvalue weighted by atomic mass is 79.9. The van der Waals surface area contributed by atoms with Gasteiger partial charge in [0.1, 0.15) is 5.82 Å². The van der Waals surface area contributed by atoms with E-state index in [9.17, 15) is 9.59 Å². The Morgan fingerprint density at radius 3 is 2.64 bits per heavy atom. The van der Waals surface area contributed by atoms with E-state index in [0.29, 0.717) is 5.92 Å². The topological polar surface area (TPSA) is 92.1 Å². The first-order valence-electron chi connectivity index (χ1n) is 8.35. The first-order valence-corrected chi connectivity index (χ1v) is 9.15. The number of aromatic nitrogens is 2. The molecule has 6 nitrogen and oxygen atoms in total. The van der Waals surface area contributed by atoms with Gasteiger partial charge in [-0.1, -0.05) is 28.1 Å². The third-order valence-corrected chi connectivity index (χ3v) is 5.26. The number of nitrogens with one attached hydrogen (secondary N) is 1. The van der Waals surface area contributed by atoms with Crippen LogP contribution in [0.4, 0.5) is 0 Å². The fourth-order valence-electron chi connectivity index (χ4n) is 3.31. The lowest BCUT2D eigenvalue weighted by atomic mass is 9.81. The predicted octanol–water partition coefficient (Wildman–Crippen LogP) is 3.36. The average molecular weight is 405 g/mol. The lowest BCUT2D eigenvalue weighted by Crippen LogP contribution is -2.45. The zero-order chi connectivity index (χ0) is 18.0. The van der Waals surface area contributed by atoms with Gasteiger partial charge in [0.05, 0.1) is 11.9 Å². The van der Waals surface area contributed by atoms with E-state index in [-0.39, 0.29) is 11.8 Å². The van der Waals surface area contributed by atoms with Crippen molar-refractivity contribution in [3.63, 3.8) is 0 Å². The number of rotatable bonds is 3. The Labute approximate surface area is 154 Å². The Bertz CT molecular complexity index is 781. The number of H-pyrrole nitrogens is 1. The normalized spacial score (nSPS) is 20.3. The Balaban J connectivity index is 1.64. The second-order valence-electron chi connectivity index (χ2n) is 6.47. The molecule has 0 aliphatic heterocycles. The number of hydrazine groups is 1. The fourth-order valence-corrected chi connectivity index (χ4v) is 3.71. The van der Waals surface area contributed by atoms with Crippen LogP contribution in [-0.2, 0) is 9.59 Å². The predicted molar refractivity (Wildman–Crippen MR) is 98.1 cm³/mol. The van der Waals surface area contributed by atoms with Crippen LogP contribution >= 0.6 is 15.9 Å². The SMILES string of the molecule is CC(=O)N(N)C(=O)C1CCC(c2ncc(-c3cccc(Br)c3)[nH]2)CC1. The van der Waals surface area contributed by atoms with Gasteiger partial charge in [-0.3, -0.25) is 9.59 Å². The highest BCUT2D eigenvalue weighted by molar-refractivity contribution is 9.10. The maximum absolute atomic E-state index is 12.2.